The van der Waals surface area contributed by atoms with E-state index in [0.29, 0.717) is 12.3 Å². The fraction of sp³-hybridized carbons (Fsp3) is 0.333. The normalized spacial score (nSPS) is 11.8. The van der Waals surface area contributed by atoms with Crippen LogP contribution in [0.5, 0.6) is 17.2 Å². The quantitative estimate of drug-likeness (QED) is 0.302. The average Bonchev–Trinajstić information content (AvgIpc) is 2.98. The Labute approximate surface area is 252 Å². The molecule has 3 aromatic rings. The number of halogens is 1. The van der Waals surface area contributed by atoms with Crippen LogP contribution in [0.25, 0.3) is 0 Å². The van der Waals surface area contributed by atoms with Crippen LogP contribution in [0, 0.1) is 6.92 Å². The number of benzene rings is 3. The van der Waals surface area contributed by atoms with Crippen molar-refractivity contribution in [3.05, 3.63) is 76.8 Å². The molecule has 0 bridgehead atoms. The van der Waals surface area contributed by atoms with Gasteiger partial charge in [0.15, 0.2) is 11.5 Å². The molecule has 0 aliphatic rings. The molecule has 0 fully saturated rings. The van der Waals surface area contributed by atoms with Gasteiger partial charge >= 0.3 is 0 Å². The van der Waals surface area contributed by atoms with E-state index in [1.165, 1.54) is 56.6 Å². The Morgan fingerprint density at radius 1 is 0.929 bits per heavy atom. The van der Waals surface area contributed by atoms with Gasteiger partial charge in [0.05, 0.1) is 31.9 Å². The molecule has 0 heterocycles. The Morgan fingerprint density at radius 3 is 2.19 bits per heavy atom. The number of rotatable bonds is 13. The maximum Gasteiger partial charge on any atom is 0.265 e. The average molecular weight is 618 g/mol. The summed E-state index contributed by atoms with van der Waals surface area (Å²) in [4.78, 5) is 28.2. The molecule has 1 N–H and O–H groups in total. The molecule has 0 unspecified atom stereocenters. The van der Waals surface area contributed by atoms with Gasteiger partial charge in [-0.15, -0.1) is 0 Å². The zero-order valence-corrected chi connectivity index (χ0v) is 26.1. The van der Waals surface area contributed by atoms with Gasteiger partial charge in [0.25, 0.3) is 10.0 Å². The van der Waals surface area contributed by atoms with Crippen molar-refractivity contribution in [2.24, 2.45) is 0 Å². The van der Waals surface area contributed by atoms with Crippen molar-refractivity contribution in [2.45, 2.75) is 38.3 Å². The molecule has 1 atom stereocenters. The molecule has 0 saturated carbocycles. The topological polar surface area (TPSA) is 114 Å². The number of sulfonamides is 1. The summed E-state index contributed by atoms with van der Waals surface area (Å²) in [6.45, 7) is 5.09. The number of carbonyl (C=O) groups is 2. The van der Waals surface area contributed by atoms with Crippen LogP contribution in [-0.4, -0.2) is 65.6 Å². The molecular weight excluding hydrogens is 582 g/mol. The van der Waals surface area contributed by atoms with E-state index in [2.05, 4.69) is 5.32 Å². The third kappa shape index (κ3) is 7.27. The Balaban J connectivity index is 2.16. The Morgan fingerprint density at radius 2 is 1.57 bits per heavy atom. The lowest BCUT2D eigenvalue weighted by molar-refractivity contribution is -0.139. The van der Waals surface area contributed by atoms with Gasteiger partial charge in [-0.25, -0.2) is 8.42 Å². The van der Waals surface area contributed by atoms with Crippen LogP contribution in [0.3, 0.4) is 0 Å². The van der Waals surface area contributed by atoms with E-state index in [0.717, 1.165) is 15.4 Å². The van der Waals surface area contributed by atoms with E-state index in [4.69, 9.17) is 25.8 Å². The van der Waals surface area contributed by atoms with Crippen LogP contribution in [0.15, 0.2) is 65.6 Å². The van der Waals surface area contributed by atoms with Crippen molar-refractivity contribution in [2.75, 3.05) is 38.7 Å². The molecule has 42 heavy (non-hydrogen) atoms. The van der Waals surface area contributed by atoms with Gasteiger partial charge in [-0.3, -0.25) is 13.9 Å². The molecule has 0 aromatic heterocycles. The number of methoxy groups -OCH3 is 3. The smallest absolute Gasteiger partial charge is 0.265 e. The minimum Gasteiger partial charge on any atom is -0.495 e. The summed E-state index contributed by atoms with van der Waals surface area (Å²) >= 11 is 6.29. The van der Waals surface area contributed by atoms with Crippen molar-refractivity contribution in [1.82, 2.24) is 10.2 Å². The number of ether oxygens (including phenoxy) is 3. The predicted octanol–water partition coefficient (Wildman–Crippen LogP) is 4.42. The van der Waals surface area contributed by atoms with Crippen LogP contribution in [0.2, 0.25) is 5.02 Å². The first kappa shape index (κ1) is 32.6. The van der Waals surface area contributed by atoms with Gasteiger partial charge < -0.3 is 24.4 Å². The Bertz CT molecular complexity index is 1530. The van der Waals surface area contributed by atoms with Crippen LogP contribution in [0.1, 0.15) is 25.0 Å². The van der Waals surface area contributed by atoms with E-state index in [1.807, 2.05) is 31.2 Å². The lowest BCUT2D eigenvalue weighted by atomic mass is 10.1. The molecule has 0 aliphatic carbocycles. The fourth-order valence-electron chi connectivity index (χ4n) is 4.35. The number of likely N-dealkylation sites (N-methyl/N-ethyl adjacent to an activating group) is 1. The summed E-state index contributed by atoms with van der Waals surface area (Å²) in [6.07, 6.45) is 0. The first-order valence-corrected chi connectivity index (χ1v) is 15.0. The largest absolute Gasteiger partial charge is 0.495 e. The van der Waals surface area contributed by atoms with E-state index in [9.17, 15) is 18.0 Å². The molecule has 0 radical (unpaired) electrons. The van der Waals surface area contributed by atoms with E-state index < -0.39 is 28.5 Å². The number of nitrogens with one attached hydrogen (secondary N) is 1. The lowest BCUT2D eigenvalue weighted by Gasteiger charge is -2.32. The summed E-state index contributed by atoms with van der Waals surface area (Å²) in [5, 5.41) is 2.98. The number of anilines is 1. The van der Waals surface area contributed by atoms with Gasteiger partial charge in [-0.1, -0.05) is 35.9 Å². The molecule has 10 nitrogen and oxygen atoms in total. The van der Waals surface area contributed by atoms with Crippen molar-refractivity contribution in [3.63, 3.8) is 0 Å². The maximum absolute atomic E-state index is 14.2. The van der Waals surface area contributed by atoms with Crippen LogP contribution in [-0.2, 0) is 26.2 Å². The van der Waals surface area contributed by atoms with Crippen molar-refractivity contribution in [3.8, 4) is 17.2 Å². The van der Waals surface area contributed by atoms with Crippen molar-refractivity contribution >= 4 is 39.1 Å². The minimum atomic E-state index is -4.42. The highest BCUT2D eigenvalue weighted by Gasteiger charge is 2.34. The van der Waals surface area contributed by atoms with Crippen molar-refractivity contribution in [1.29, 1.82) is 0 Å². The number of nitrogens with zero attached hydrogens (tertiary/aromatic N) is 2. The first-order valence-electron chi connectivity index (χ1n) is 13.2. The molecule has 12 heteroatoms. The predicted molar refractivity (Wildman–Crippen MR) is 162 cm³/mol. The van der Waals surface area contributed by atoms with Gasteiger partial charge in [0.1, 0.15) is 18.3 Å². The number of amides is 2. The van der Waals surface area contributed by atoms with E-state index >= 15 is 0 Å². The van der Waals surface area contributed by atoms with Crippen LogP contribution in [0.4, 0.5) is 5.69 Å². The summed E-state index contributed by atoms with van der Waals surface area (Å²) in [6, 6.07) is 15.2. The molecule has 0 aliphatic heterocycles. The second-order valence-corrected chi connectivity index (χ2v) is 11.7. The molecule has 226 valence electrons. The van der Waals surface area contributed by atoms with Crippen LogP contribution < -0.4 is 23.8 Å². The fourth-order valence-corrected chi connectivity index (χ4v) is 5.95. The van der Waals surface area contributed by atoms with Gasteiger partial charge in [0, 0.05) is 24.2 Å². The Kier molecular flexibility index (Phi) is 11.1. The molecular formula is C30H36ClN3O7S. The van der Waals surface area contributed by atoms with Crippen LogP contribution >= 0.6 is 11.6 Å². The number of hydrogen-bond donors (Lipinski definition) is 1. The highest BCUT2D eigenvalue weighted by Crippen LogP contribution is 2.37. The highest BCUT2D eigenvalue weighted by atomic mass is 35.5. The van der Waals surface area contributed by atoms with Gasteiger partial charge in [-0.2, -0.15) is 0 Å². The molecule has 3 rings (SSSR count). The Hall–Kier alpha value is -3.96. The SMILES string of the molecule is CCNC(=O)[C@H](C)N(Cc1ccccc1C)C(=O)CN(c1cc(Cl)ccc1OC)S(=O)(=O)c1ccc(OC)c(OC)c1. The van der Waals surface area contributed by atoms with E-state index in [1.54, 1.807) is 19.9 Å². The van der Waals surface area contributed by atoms with Gasteiger partial charge in [-0.05, 0) is 62.2 Å². The first-order chi connectivity index (χ1) is 20.0. The minimum absolute atomic E-state index is 0.0506. The maximum atomic E-state index is 14.2. The third-order valence-electron chi connectivity index (χ3n) is 6.75. The summed E-state index contributed by atoms with van der Waals surface area (Å²) in [5.41, 5.74) is 1.79. The molecule has 2 amide bonds. The van der Waals surface area contributed by atoms with Crippen molar-refractivity contribution < 1.29 is 32.2 Å². The lowest BCUT2D eigenvalue weighted by Crippen LogP contribution is -2.51. The summed E-state index contributed by atoms with van der Waals surface area (Å²) in [5.74, 6) is -0.274. The second-order valence-electron chi connectivity index (χ2n) is 9.36. The number of hydrogen-bond acceptors (Lipinski definition) is 7. The zero-order chi connectivity index (χ0) is 31.0. The van der Waals surface area contributed by atoms with Gasteiger partial charge in [0.2, 0.25) is 11.8 Å². The second kappa shape index (κ2) is 14.3. The standard InChI is InChI=1S/C30H36ClN3O7S/c1-7-32-30(36)21(3)33(18-22-11-9-8-10-20(22)2)29(35)19-34(25-16-23(31)12-14-26(25)39-4)42(37,38)24-13-15-27(40-5)28(17-24)41-6/h8-17,21H,7,18-19H2,1-6H3,(H,32,36)/t21-/m0/s1. The zero-order valence-electron chi connectivity index (χ0n) is 24.5. The third-order valence-corrected chi connectivity index (χ3v) is 8.74. The number of carbonyl (C=O) groups excluding carboxylic acids is 2. The molecule has 3 aromatic carbocycles. The highest BCUT2D eigenvalue weighted by molar-refractivity contribution is 7.92. The summed E-state index contributed by atoms with van der Waals surface area (Å²) in [7, 11) is -0.202. The molecule has 0 spiro atoms. The number of aryl methyl sites for hydroxylation is 1. The monoisotopic (exact) mass is 617 g/mol. The van der Waals surface area contributed by atoms with E-state index in [-0.39, 0.29) is 39.6 Å². The molecule has 0 saturated heterocycles. The summed E-state index contributed by atoms with van der Waals surface area (Å²) < 4.78 is 45.5.